The van der Waals surface area contributed by atoms with Gasteiger partial charge in [0.2, 0.25) is 10.0 Å². The molecule has 16 heavy (non-hydrogen) atoms. The first-order valence-electron chi connectivity index (χ1n) is 4.56. The molecule has 0 amide bonds. The average molecular weight is 248 g/mol. The maximum absolute atomic E-state index is 12.8. The Morgan fingerprint density at radius 3 is 2.62 bits per heavy atom. The molecule has 0 spiro atoms. The van der Waals surface area contributed by atoms with Crippen LogP contribution in [0.25, 0.3) is 0 Å². The van der Waals surface area contributed by atoms with Crippen LogP contribution < -0.4 is 10.5 Å². The van der Waals surface area contributed by atoms with E-state index in [0.717, 1.165) is 6.07 Å². The van der Waals surface area contributed by atoms with E-state index in [-0.39, 0.29) is 24.6 Å². The highest BCUT2D eigenvalue weighted by Gasteiger charge is 2.02. The molecule has 0 unspecified atom stereocenters. The first kappa shape index (κ1) is 12.9. The number of rotatable bonds is 5. The fourth-order valence-electron chi connectivity index (χ4n) is 1.18. The van der Waals surface area contributed by atoms with Gasteiger partial charge in [-0.15, -0.1) is 0 Å². The van der Waals surface area contributed by atoms with E-state index in [0.29, 0.717) is 5.56 Å². The van der Waals surface area contributed by atoms with Gasteiger partial charge in [-0.05, 0) is 17.7 Å². The first-order chi connectivity index (χ1) is 7.37. The quantitative estimate of drug-likeness (QED) is 0.635. The lowest BCUT2D eigenvalue weighted by molar-refractivity contribution is 0.467. The number of aromatic hydroxyl groups is 1. The van der Waals surface area contributed by atoms with E-state index in [4.69, 9.17) is 10.2 Å². The molecular weight excluding hydrogens is 235 g/mol. The molecule has 1 aromatic carbocycles. The smallest absolute Gasteiger partial charge is 0.210 e. The lowest BCUT2D eigenvalue weighted by Gasteiger charge is -2.04. The second-order valence-electron chi connectivity index (χ2n) is 3.36. The fourth-order valence-corrected chi connectivity index (χ4v) is 1.61. The Hall–Kier alpha value is -1.18. The third kappa shape index (κ3) is 5.06. The monoisotopic (exact) mass is 248 g/mol. The van der Waals surface area contributed by atoms with Crippen LogP contribution in [0.4, 0.5) is 4.39 Å². The topological polar surface area (TPSA) is 92.4 Å². The number of benzene rings is 1. The summed E-state index contributed by atoms with van der Waals surface area (Å²) in [4.78, 5) is 0. The van der Waals surface area contributed by atoms with Crippen molar-refractivity contribution in [3.05, 3.63) is 29.6 Å². The van der Waals surface area contributed by atoms with Crippen molar-refractivity contribution in [3.63, 3.8) is 0 Å². The number of phenolic OH excluding ortho intramolecular Hbond substituents is 1. The van der Waals surface area contributed by atoms with Gasteiger partial charge in [0.1, 0.15) is 11.6 Å². The number of nitrogens with two attached hydrogens (primary N) is 1. The Bertz CT molecular complexity index is 442. The van der Waals surface area contributed by atoms with E-state index in [2.05, 4.69) is 5.32 Å². The van der Waals surface area contributed by atoms with Crippen LogP contribution in [0.2, 0.25) is 0 Å². The summed E-state index contributed by atoms with van der Waals surface area (Å²) in [5.41, 5.74) is 0.534. The molecule has 1 rings (SSSR count). The van der Waals surface area contributed by atoms with Gasteiger partial charge in [-0.2, -0.15) is 0 Å². The second-order valence-corrected chi connectivity index (χ2v) is 5.10. The molecule has 0 fully saturated rings. The minimum atomic E-state index is -3.48. The number of sulfonamides is 1. The van der Waals surface area contributed by atoms with E-state index in [1.54, 1.807) is 0 Å². The predicted octanol–water partition coefficient (Wildman–Crippen LogP) is -0.0906. The van der Waals surface area contributed by atoms with Gasteiger partial charge in [-0.25, -0.2) is 17.9 Å². The summed E-state index contributed by atoms with van der Waals surface area (Å²) < 4.78 is 34.0. The van der Waals surface area contributed by atoms with Gasteiger partial charge in [0.05, 0.1) is 5.75 Å². The van der Waals surface area contributed by atoms with Crippen molar-refractivity contribution in [1.82, 2.24) is 5.32 Å². The third-order valence-electron chi connectivity index (χ3n) is 1.83. The Labute approximate surface area is 93.1 Å². The second kappa shape index (κ2) is 5.24. The molecule has 0 aliphatic rings. The van der Waals surface area contributed by atoms with Crippen LogP contribution in [0.3, 0.4) is 0 Å². The fraction of sp³-hybridized carbons (Fsp3) is 0.333. The van der Waals surface area contributed by atoms with Crippen molar-refractivity contribution >= 4 is 10.0 Å². The molecule has 4 N–H and O–H groups in total. The van der Waals surface area contributed by atoms with Crippen molar-refractivity contribution in [2.24, 2.45) is 5.14 Å². The zero-order chi connectivity index (χ0) is 12.2. The van der Waals surface area contributed by atoms with Gasteiger partial charge in [0.15, 0.2) is 0 Å². The third-order valence-corrected chi connectivity index (χ3v) is 2.61. The molecule has 1 aromatic rings. The normalized spacial score (nSPS) is 11.6. The van der Waals surface area contributed by atoms with Gasteiger partial charge in [-0.1, -0.05) is 0 Å². The molecule has 7 heteroatoms. The van der Waals surface area contributed by atoms with Gasteiger partial charge >= 0.3 is 0 Å². The summed E-state index contributed by atoms with van der Waals surface area (Å²) in [5.74, 6) is -0.889. The van der Waals surface area contributed by atoms with Gasteiger partial charge in [-0.3, -0.25) is 0 Å². The molecule has 0 aliphatic carbocycles. The van der Waals surface area contributed by atoms with Crippen LogP contribution in [-0.2, 0) is 16.6 Å². The standard InChI is InChI=1S/C9H13FN2O3S/c10-8-3-7(4-9(13)5-8)6-12-1-2-16(11,14)15/h3-5,12-13H,1-2,6H2,(H2,11,14,15). The highest BCUT2D eigenvalue weighted by atomic mass is 32.2. The van der Waals surface area contributed by atoms with Crippen LogP contribution in [0, 0.1) is 5.82 Å². The predicted molar refractivity (Wildman–Crippen MR) is 57.7 cm³/mol. The molecule has 0 bridgehead atoms. The molecule has 0 saturated heterocycles. The lowest BCUT2D eigenvalue weighted by Crippen LogP contribution is -2.26. The Morgan fingerprint density at radius 1 is 1.38 bits per heavy atom. The summed E-state index contributed by atoms with van der Waals surface area (Å²) in [6, 6.07) is 3.64. The van der Waals surface area contributed by atoms with E-state index >= 15 is 0 Å². The number of phenols is 1. The van der Waals surface area contributed by atoms with Gasteiger partial charge < -0.3 is 10.4 Å². The summed E-state index contributed by atoms with van der Waals surface area (Å²) in [6.45, 7) is 0.441. The molecule has 0 aromatic heterocycles. The molecule has 0 saturated carbocycles. The van der Waals surface area contributed by atoms with E-state index in [1.165, 1.54) is 12.1 Å². The number of nitrogens with one attached hydrogen (secondary N) is 1. The van der Waals surface area contributed by atoms with E-state index < -0.39 is 15.8 Å². The highest BCUT2D eigenvalue weighted by molar-refractivity contribution is 7.89. The zero-order valence-electron chi connectivity index (χ0n) is 8.48. The Balaban J connectivity index is 2.43. The number of hydrogen-bond donors (Lipinski definition) is 3. The lowest BCUT2D eigenvalue weighted by atomic mass is 10.2. The molecule has 90 valence electrons. The van der Waals surface area contributed by atoms with Crippen molar-refractivity contribution < 1.29 is 17.9 Å². The van der Waals surface area contributed by atoms with Gasteiger partial charge in [0, 0.05) is 19.2 Å². The number of primary sulfonamides is 1. The largest absolute Gasteiger partial charge is 0.508 e. The summed E-state index contributed by atoms with van der Waals surface area (Å²) in [7, 11) is -3.48. The zero-order valence-corrected chi connectivity index (χ0v) is 9.30. The molecule has 5 nitrogen and oxygen atoms in total. The molecule has 0 radical (unpaired) electrons. The summed E-state index contributed by atoms with van der Waals surface area (Å²) in [5, 5.41) is 16.7. The summed E-state index contributed by atoms with van der Waals surface area (Å²) in [6.07, 6.45) is 0. The van der Waals surface area contributed by atoms with Gasteiger partial charge in [0.25, 0.3) is 0 Å². The minimum Gasteiger partial charge on any atom is -0.508 e. The molecule has 0 heterocycles. The maximum Gasteiger partial charge on any atom is 0.210 e. The van der Waals surface area contributed by atoms with Crippen LogP contribution in [0.15, 0.2) is 18.2 Å². The van der Waals surface area contributed by atoms with Crippen molar-refractivity contribution in [2.45, 2.75) is 6.54 Å². The van der Waals surface area contributed by atoms with Crippen LogP contribution in [0.5, 0.6) is 5.75 Å². The van der Waals surface area contributed by atoms with Crippen LogP contribution in [-0.4, -0.2) is 25.8 Å². The molecule has 0 atom stereocenters. The van der Waals surface area contributed by atoms with Crippen LogP contribution >= 0.6 is 0 Å². The molecule has 0 aliphatic heterocycles. The van der Waals surface area contributed by atoms with E-state index in [9.17, 15) is 12.8 Å². The highest BCUT2D eigenvalue weighted by Crippen LogP contribution is 2.14. The number of halogens is 1. The van der Waals surface area contributed by atoms with Crippen molar-refractivity contribution in [3.8, 4) is 5.75 Å². The minimum absolute atomic E-state index is 0.164. The Morgan fingerprint density at radius 2 is 2.06 bits per heavy atom. The number of hydrogen-bond acceptors (Lipinski definition) is 4. The van der Waals surface area contributed by atoms with Crippen molar-refractivity contribution in [1.29, 1.82) is 0 Å². The van der Waals surface area contributed by atoms with E-state index in [1.807, 2.05) is 0 Å². The maximum atomic E-state index is 12.8. The first-order valence-corrected chi connectivity index (χ1v) is 6.28. The SMILES string of the molecule is NS(=O)(=O)CCNCc1cc(O)cc(F)c1. The summed E-state index contributed by atoms with van der Waals surface area (Å²) >= 11 is 0. The molecular formula is C9H13FN2O3S. The van der Waals surface area contributed by atoms with Crippen LogP contribution in [0.1, 0.15) is 5.56 Å². The Kier molecular flexibility index (Phi) is 4.22. The van der Waals surface area contributed by atoms with Crippen molar-refractivity contribution in [2.75, 3.05) is 12.3 Å². The average Bonchev–Trinajstić information content (AvgIpc) is 2.09.